The Hall–Kier alpha value is -3.06. The Morgan fingerprint density at radius 3 is 2.12 bits per heavy atom. The maximum absolute atomic E-state index is 11.8. The van der Waals surface area contributed by atoms with E-state index < -0.39 is 24.5 Å². The zero-order valence-electron chi connectivity index (χ0n) is 12.2. The average Bonchev–Trinajstić information content (AvgIpc) is 2.54. The normalized spacial score (nSPS) is 10.0. The molecule has 0 saturated carbocycles. The number of carboxylic acid groups (broad SMARTS) is 2. The van der Waals surface area contributed by atoms with Gasteiger partial charge in [-0.25, -0.2) is 9.59 Å². The molecule has 7 nitrogen and oxygen atoms in total. The fourth-order valence-electron chi connectivity index (χ4n) is 1.83. The smallest absolute Gasteiger partial charge is 0.335 e. The first-order valence-electron chi connectivity index (χ1n) is 6.65. The van der Waals surface area contributed by atoms with Crippen LogP contribution in [0.25, 0.3) is 0 Å². The Balaban J connectivity index is 2.08. The van der Waals surface area contributed by atoms with Gasteiger partial charge in [0.2, 0.25) is 0 Å². The number of carboxylic acids is 2. The first-order chi connectivity index (χ1) is 11.4. The van der Waals surface area contributed by atoms with E-state index in [0.29, 0.717) is 10.7 Å². The van der Waals surface area contributed by atoms with Crippen LogP contribution < -0.4 is 10.1 Å². The van der Waals surface area contributed by atoms with Crippen LogP contribution in [0.4, 0.5) is 5.69 Å². The maximum Gasteiger partial charge on any atom is 0.335 e. The van der Waals surface area contributed by atoms with Crippen LogP contribution in [-0.4, -0.2) is 34.7 Å². The number of aromatic carboxylic acids is 2. The molecule has 8 heteroatoms. The lowest BCUT2D eigenvalue weighted by Gasteiger charge is -2.10. The van der Waals surface area contributed by atoms with Crippen LogP contribution in [0.1, 0.15) is 20.7 Å². The molecule has 3 N–H and O–H groups in total. The average molecular weight is 350 g/mol. The predicted octanol–water partition coefficient (Wildman–Crippen LogP) is 2.75. The zero-order chi connectivity index (χ0) is 17.7. The van der Waals surface area contributed by atoms with E-state index in [4.69, 9.17) is 26.6 Å². The Kier molecular flexibility index (Phi) is 5.39. The predicted molar refractivity (Wildman–Crippen MR) is 85.9 cm³/mol. The number of ether oxygens (including phenoxy) is 1. The van der Waals surface area contributed by atoms with E-state index in [1.54, 1.807) is 24.3 Å². The van der Waals surface area contributed by atoms with E-state index >= 15 is 0 Å². The van der Waals surface area contributed by atoms with Crippen molar-refractivity contribution in [1.82, 2.24) is 0 Å². The van der Waals surface area contributed by atoms with Crippen molar-refractivity contribution in [2.24, 2.45) is 0 Å². The van der Waals surface area contributed by atoms with Crippen LogP contribution in [0.5, 0.6) is 5.75 Å². The van der Waals surface area contributed by atoms with Crippen LogP contribution in [0, 0.1) is 0 Å². The summed E-state index contributed by atoms with van der Waals surface area (Å²) in [5.74, 6) is -3.17. The number of carbonyl (C=O) groups is 3. The molecular formula is C16H12ClNO6. The van der Waals surface area contributed by atoms with Gasteiger partial charge in [0.1, 0.15) is 5.75 Å². The standard InChI is InChI=1S/C16H12ClNO6/c17-12-3-1-2-4-13(12)18-14(19)8-24-11-6-9(15(20)21)5-10(7-11)16(22)23/h1-7H,8H2,(H,18,19)(H,20,21)(H,22,23). The zero-order valence-corrected chi connectivity index (χ0v) is 12.9. The third-order valence-corrected chi connectivity index (χ3v) is 3.25. The van der Waals surface area contributed by atoms with Gasteiger partial charge in [0.25, 0.3) is 5.91 Å². The molecule has 0 aliphatic carbocycles. The third-order valence-electron chi connectivity index (χ3n) is 2.92. The van der Waals surface area contributed by atoms with Crippen LogP contribution in [0.3, 0.4) is 0 Å². The SMILES string of the molecule is O=C(COc1cc(C(=O)O)cc(C(=O)O)c1)Nc1ccccc1Cl. The lowest BCUT2D eigenvalue weighted by atomic mass is 10.1. The molecule has 0 radical (unpaired) electrons. The minimum Gasteiger partial charge on any atom is -0.484 e. The number of benzene rings is 2. The van der Waals surface area contributed by atoms with Crippen molar-refractivity contribution in [1.29, 1.82) is 0 Å². The number of rotatable bonds is 6. The second-order valence-corrected chi connectivity index (χ2v) is 5.08. The molecule has 0 aliphatic rings. The number of anilines is 1. The summed E-state index contributed by atoms with van der Waals surface area (Å²) >= 11 is 5.91. The molecule has 1 amide bonds. The molecular weight excluding hydrogens is 338 g/mol. The van der Waals surface area contributed by atoms with Crippen molar-refractivity contribution in [3.05, 3.63) is 58.6 Å². The molecule has 0 unspecified atom stereocenters. The summed E-state index contributed by atoms with van der Waals surface area (Å²) in [6.07, 6.45) is 0. The monoisotopic (exact) mass is 349 g/mol. The van der Waals surface area contributed by atoms with Crippen LogP contribution >= 0.6 is 11.6 Å². The highest BCUT2D eigenvalue weighted by molar-refractivity contribution is 6.33. The third kappa shape index (κ3) is 4.47. The number of nitrogens with one attached hydrogen (secondary N) is 1. The highest BCUT2D eigenvalue weighted by Gasteiger charge is 2.13. The maximum atomic E-state index is 11.8. The summed E-state index contributed by atoms with van der Waals surface area (Å²) < 4.78 is 5.18. The summed E-state index contributed by atoms with van der Waals surface area (Å²) in [6.45, 7) is -0.437. The van der Waals surface area contributed by atoms with Gasteiger partial charge < -0.3 is 20.3 Å². The second-order valence-electron chi connectivity index (χ2n) is 4.67. The number of carbonyl (C=O) groups excluding carboxylic acids is 1. The summed E-state index contributed by atoms with van der Waals surface area (Å²) in [5, 5.41) is 20.8. The van der Waals surface area contributed by atoms with Gasteiger partial charge in [0.05, 0.1) is 21.8 Å². The minimum atomic E-state index is -1.30. The topological polar surface area (TPSA) is 113 Å². The molecule has 0 aliphatic heterocycles. The summed E-state index contributed by atoms with van der Waals surface area (Å²) in [5.41, 5.74) is -0.105. The number of hydrogen-bond acceptors (Lipinski definition) is 4. The van der Waals surface area contributed by atoms with Gasteiger partial charge >= 0.3 is 11.9 Å². The van der Waals surface area contributed by atoms with Crippen molar-refractivity contribution in [3.63, 3.8) is 0 Å². The van der Waals surface area contributed by atoms with Crippen molar-refractivity contribution in [2.45, 2.75) is 0 Å². The molecule has 0 spiro atoms. The molecule has 24 heavy (non-hydrogen) atoms. The number of hydrogen-bond donors (Lipinski definition) is 3. The van der Waals surface area contributed by atoms with Crippen molar-refractivity contribution in [3.8, 4) is 5.75 Å². The van der Waals surface area contributed by atoms with Gasteiger partial charge in [-0.15, -0.1) is 0 Å². The Bertz CT molecular complexity index is 773. The highest BCUT2D eigenvalue weighted by Crippen LogP contribution is 2.21. The van der Waals surface area contributed by atoms with Crippen LogP contribution in [-0.2, 0) is 4.79 Å². The fraction of sp³-hybridized carbons (Fsp3) is 0.0625. The van der Waals surface area contributed by atoms with Gasteiger partial charge in [-0.1, -0.05) is 23.7 Å². The van der Waals surface area contributed by atoms with E-state index in [1.165, 1.54) is 0 Å². The lowest BCUT2D eigenvalue weighted by Crippen LogP contribution is -2.20. The van der Waals surface area contributed by atoms with E-state index in [1.807, 2.05) is 0 Å². The number of halogens is 1. The summed E-state index contributed by atoms with van der Waals surface area (Å²) in [4.78, 5) is 33.9. The van der Waals surface area contributed by atoms with E-state index in [0.717, 1.165) is 18.2 Å². The molecule has 0 heterocycles. The molecule has 2 aromatic carbocycles. The number of para-hydroxylation sites is 1. The van der Waals surface area contributed by atoms with Crippen LogP contribution in [0.2, 0.25) is 5.02 Å². The Morgan fingerprint density at radius 2 is 1.58 bits per heavy atom. The molecule has 0 saturated heterocycles. The van der Waals surface area contributed by atoms with Gasteiger partial charge in [-0.3, -0.25) is 4.79 Å². The van der Waals surface area contributed by atoms with Crippen molar-refractivity contribution >= 4 is 35.1 Å². The lowest BCUT2D eigenvalue weighted by molar-refractivity contribution is -0.118. The van der Waals surface area contributed by atoms with E-state index in [2.05, 4.69) is 5.32 Å². The van der Waals surface area contributed by atoms with E-state index in [9.17, 15) is 14.4 Å². The Labute approximate surface area is 141 Å². The molecule has 2 rings (SSSR count). The van der Waals surface area contributed by atoms with Gasteiger partial charge in [-0.05, 0) is 30.3 Å². The van der Waals surface area contributed by atoms with Crippen molar-refractivity contribution in [2.75, 3.05) is 11.9 Å². The quantitative estimate of drug-likeness (QED) is 0.739. The summed E-state index contributed by atoms with van der Waals surface area (Å²) in [7, 11) is 0. The van der Waals surface area contributed by atoms with Gasteiger partial charge in [-0.2, -0.15) is 0 Å². The molecule has 0 aromatic heterocycles. The molecule has 124 valence electrons. The fourth-order valence-corrected chi connectivity index (χ4v) is 2.01. The molecule has 0 atom stereocenters. The second kappa shape index (κ2) is 7.47. The number of amides is 1. The first kappa shape index (κ1) is 17.3. The molecule has 0 fully saturated rings. The largest absolute Gasteiger partial charge is 0.484 e. The van der Waals surface area contributed by atoms with Crippen LogP contribution in [0.15, 0.2) is 42.5 Å². The minimum absolute atomic E-state index is 0.0402. The van der Waals surface area contributed by atoms with Crippen molar-refractivity contribution < 1.29 is 29.3 Å². The van der Waals surface area contributed by atoms with Gasteiger partial charge in [0.15, 0.2) is 6.61 Å². The first-order valence-corrected chi connectivity index (χ1v) is 7.03. The summed E-state index contributed by atoms with van der Waals surface area (Å²) in [6, 6.07) is 9.88. The molecule has 2 aromatic rings. The van der Waals surface area contributed by atoms with E-state index in [-0.39, 0.29) is 16.9 Å². The highest BCUT2D eigenvalue weighted by atomic mass is 35.5. The Morgan fingerprint density at radius 1 is 1.00 bits per heavy atom. The van der Waals surface area contributed by atoms with Gasteiger partial charge in [0, 0.05) is 0 Å². The molecule has 0 bridgehead atoms.